The third-order valence-electron chi connectivity index (χ3n) is 5.87. The monoisotopic (exact) mass is 322 g/mol. The van der Waals surface area contributed by atoms with Crippen LogP contribution in [0, 0.1) is 5.92 Å². The van der Waals surface area contributed by atoms with Crippen LogP contribution >= 0.6 is 0 Å². The summed E-state index contributed by atoms with van der Waals surface area (Å²) in [5.74, 6) is 1.34. The molecule has 0 unspecified atom stereocenters. The smallest absolute Gasteiger partial charge is 0.257 e. The van der Waals surface area contributed by atoms with Crippen molar-refractivity contribution in [3.05, 3.63) is 22.2 Å². The van der Waals surface area contributed by atoms with Crippen LogP contribution in [0.5, 0.6) is 5.88 Å². The first-order chi connectivity index (χ1) is 10.1. The lowest BCUT2D eigenvalue weighted by Crippen LogP contribution is -2.43. The molecule has 0 radical (unpaired) electrons. The highest BCUT2D eigenvalue weighted by Crippen LogP contribution is 2.53. The summed E-state index contributed by atoms with van der Waals surface area (Å²) in [6, 6.07) is 1.29. The van der Waals surface area contributed by atoms with Crippen molar-refractivity contribution in [1.82, 2.24) is 9.55 Å². The largest absolute Gasteiger partial charge is 0.493 e. The topological polar surface area (TPSA) is 64.3 Å². The van der Waals surface area contributed by atoms with Gasteiger partial charge >= 0.3 is 0 Å². The zero-order valence-corrected chi connectivity index (χ0v) is 15.1. The van der Waals surface area contributed by atoms with E-state index in [1.54, 1.807) is 4.57 Å². The molecule has 1 aliphatic carbocycles. The molecule has 3 atom stereocenters. The molecule has 2 heterocycles. The van der Waals surface area contributed by atoms with Crippen molar-refractivity contribution in [2.75, 3.05) is 6.61 Å². The third-order valence-corrected chi connectivity index (χ3v) is 10.4. The van der Waals surface area contributed by atoms with E-state index in [1.807, 2.05) is 0 Å². The minimum absolute atomic E-state index is 0.0727. The van der Waals surface area contributed by atoms with Gasteiger partial charge in [-0.2, -0.15) is 4.98 Å². The van der Waals surface area contributed by atoms with Crippen molar-refractivity contribution in [2.45, 2.75) is 63.7 Å². The zero-order valence-electron chi connectivity index (χ0n) is 14.1. The molecule has 0 aromatic carbocycles. The van der Waals surface area contributed by atoms with Crippen LogP contribution in [0.1, 0.15) is 51.4 Å². The second-order valence-electron chi connectivity index (χ2n) is 8.17. The van der Waals surface area contributed by atoms with Gasteiger partial charge in [-0.1, -0.05) is 20.8 Å². The molecule has 6 heteroatoms. The van der Waals surface area contributed by atoms with Crippen LogP contribution in [0.15, 0.2) is 10.9 Å². The average Bonchev–Trinajstić information content (AvgIpc) is 2.51. The SMILES string of the molecule is CC(C)(C)[Si](C)(C)OC[C@@H]1[C@H]2CC[C@H]2c2nc(O)cc(=O)n21. The average molecular weight is 322 g/mol. The molecule has 1 saturated carbocycles. The van der Waals surface area contributed by atoms with Crippen molar-refractivity contribution >= 4 is 8.32 Å². The lowest BCUT2D eigenvalue weighted by Gasteiger charge is -2.39. The fourth-order valence-corrected chi connectivity index (χ4v) is 4.32. The standard InChI is InChI=1S/C16H26N2O3Si/c1-16(2,3)22(4,5)21-9-12-10-6-7-11(10)15-17-13(19)8-14(20)18(12)15/h8,10-12,19H,6-7,9H2,1-5H3/t10-,11+,12+/m0/s1. The Hall–Kier alpha value is -1.14. The first kappa shape index (κ1) is 15.7. The lowest BCUT2D eigenvalue weighted by molar-refractivity contribution is 0.146. The number of aromatic nitrogens is 2. The first-order valence-corrected chi connectivity index (χ1v) is 11.0. The highest BCUT2D eigenvalue weighted by molar-refractivity contribution is 6.74. The molecule has 1 N–H and O–H groups in total. The van der Waals surface area contributed by atoms with E-state index in [-0.39, 0.29) is 22.5 Å². The fourth-order valence-electron chi connectivity index (χ4n) is 3.30. The molecule has 0 saturated heterocycles. The van der Waals surface area contributed by atoms with Crippen molar-refractivity contribution in [2.24, 2.45) is 5.92 Å². The van der Waals surface area contributed by atoms with Crippen molar-refractivity contribution in [3.63, 3.8) is 0 Å². The Balaban J connectivity index is 1.87. The number of fused-ring (bicyclic) bond motifs is 3. The van der Waals surface area contributed by atoms with Crippen LogP contribution in [0.3, 0.4) is 0 Å². The lowest BCUT2D eigenvalue weighted by atomic mass is 9.72. The second-order valence-corrected chi connectivity index (χ2v) is 13.0. The molecule has 1 aliphatic heterocycles. The van der Waals surface area contributed by atoms with Crippen molar-refractivity contribution < 1.29 is 9.53 Å². The quantitative estimate of drug-likeness (QED) is 0.869. The maximum absolute atomic E-state index is 12.3. The predicted octanol–water partition coefficient (Wildman–Crippen LogP) is 3.02. The van der Waals surface area contributed by atoms with E-state index in [4.69, 9.17) is 4.43 Å². The Bertz CT molecular complexity index is 648. The van der Waals surface area contributed by atoms with Gasteiger partial charge in [-0.3, -0.25) is 9.36 Å². The summed E-state index contributed by atoms with van der Waals surface area (Å²) in [6.07, 6.45) is 2.16. The molecule has 0 bridgehead atoms. The van der Waals surface area contributed by atoms with Gasteiger partial charge in [0.15, 0.2) is 8.32 Å². The van der Waals surface area contributed by atoms with Gasteiger partial charge < -0.3 is 9.53 Å². The van der Waals surface area contributed by atoms with E-state index in [9.17, 15) is 9.90 Å². The molecule has 22 heavy (non-hydrogen) atoms. The van der Waals surface area contributed by atoms with Gasteiger partial charge in [0.05, 0.1) is 18.7 Å². The molecular formula is C16H26N2O3Si. The van der Waals surface area contributed by atoms with Crippen molar-refractivity contribution in [3.8, 4) is 5.88 Å². The van der Waals surface area contributed by atoms with Crippen LogP contribution in [-0.2, 0) is 4.43 Å². The number of rotatable bonds is 3. The van der Waals surface area contributed by atoms with Gasteiger partial charge in [-0.25, -0.2) is 0 Å². The van der Waals surface area contributed by atoms with E-state index < -0.39 is 8.32 Å². The summed E-state index contributed by atoms with van der Waals surface area (Å²) in [6.45, 7) is 11.7. The van der Waals surface area contributed by atoms with Gasteiger partial charge in [-0.05, 0) is 36.9 Å². The Kier molecular flexibility index (Phi) is 3.53. The maximum atomic E-state index is 12.3. The van der Waals surface area contributed by atoms with Crippen molar-refractivity contribution in [1.29, 1.82) is 0 Å². The van der Waals surface area contributed by atoms with Gasteiger partial charge in [0.1, 0.15) is 5.82 Å². The zero-order chi connectivity index (χ0) is 16.3. The summed E-state index contributed by atoms with van der Waals surface area (Å²) in [4.78, 5) is 16.5. The van der Waals surface area contributed by atoms with Crippen LogP contribution in [0.25, 0.3) is 0 Å². The van der Waals surface area contributed by atoms with E-state index in [0.717, 1.165) is 18.7 Å². The van der Waals surface area contributed by atoms with Crippen LogP contribution in [0.2, 0.25) is 18.1 Å². The van der Waals surface area contributed by atoms with E-state index >= 15 is 0 Å². The molecular weight excluding hydrogens is 296 g/mol. The number of aromatic hydroxyl groups is 1. The maximum Gasteiger partial charge on any atom is 0.257 e. The summed E-state index contributed by atoms with van der Waals surface area (Å²) >= 11 is 0. The Morgan fingerprint density at radius 3 is 2.64 bits per heavy atom. The van der Waals surface area contributed by atoms with Crippen LogP contribution in [-0.4, -0.2) is 29.6 Å². The summed E-state index contributed by atoms with van der Waals surface area (Å²) in [7, 11) is -1.83. The second kappa shape index (κ2) is 4.93. The number of hydrogen-bond acceptors (Lipinski definition) is 4. The number of nitrogens with zero attached hydrogens (tertiary/aromatic N) is 2. The highest BCUT2D eigenvalue weighted by Gasteiger charge is 2.49. The first-order valence-electron chi connectivity index (χ1n) is 8.08. The van der Waals surface area contributed by atoms with Gasteiger partial charge in [0.25, 0.3) is 5.56 Å². The van der Waals surface area contributed by atoms with Gasteiger partial charge in [0.2, 0.25) is 5.88 Å². The van der Waals surface area contributed by atoms with E-state index in [2.05, 4.69) is 38.8 Å². The van der Waals surface area contributed by atoms with Gasteiger partial charge in [0, 0.05) is 5.92 Å². The van der Waals surface area contributed by atoms with Crippen LogP contribution < -0.4 is 5.56 Å². The minimum Gasteiger partial charge on any atom is -0.493 e. The molecule has 3 rings (SSSR count). The Labute approximate surface area is 132 Å². The Morgan fingerprint density at radius 2 is 2.09 bits per heavy atom. The molecule has 5 nitrogen and oxygen atoms in total. The highest BCUT2D eigenvalue weighted by atomic mass is 28.4. The molecule has 0 spiro atoms. The molecule has 0 amide bonds. The molecule has 1 aromatic rings. The van der Waals surface area contributed by atoms with E-state index in [1.165, 1.54) is 6.07 Å². The molecule has 1 fully saturated rings. The molecule has 122 valence electrons. The number of hydrogen-bond donors (Lipinski definition) is 1. The predicted molar refractivity (Wildman–Crippen MR) is 87.8 cm³/mol. The third kappa shape index (κ3) is 2.32. The summed E-state index contributed by atoms with van der Waals surface area (Å²) < 4.78 is 8.13. The van der Waals surface area contributed by atoms with E-state index in [0.29, 0.717) is 18.4 Å². The van der Waals surface area contributed by atoms with Crippen LogP contribution in [0.4, 0.5) is 0 Å². The minimum atomic E-state index is -1.83. The molecule has 1 aromatic heterocycles. The molecule has 2 aliphatic rings. The Morgan fingerprint density at radius 1 is 1.41 bits per heavy atom. The summed E-state index contributed by atoms with van der Waals surface area (Å²) in [5.41, 5.74) is -0.152. The normalized spacial score (nSPS) is 27.2. The summed E-state index contributed by atoms with van der Waals surface area (Å²) in [5, 5.41) is 9.77. The van der Waals surface area contributed by atoms with Gasteiger partial charge in [-0.15, -0.1) is 0 Å². The fraction of sp³-hybridized carbons (Fsp3) is 0.750.